The fraction of sp³-hybridized carbons (Fsp3) is 0.444. The first kappa shape index (κ1) is 10.3. The summed E-state index contributed by atoms with van der Waals surface area (Å²) in [7, 11) is 1.88. The molecule has 1 aromatic heterocycles. The van der Waals surface area contributed by atoms with E-state index in [1.54, 1.807) is 11.8 Å². The van der Waals surface area contributed by atoms with Gasteiger partial charge in [0.15, 0.2) is 0 Å². The fourth-order valence-electron chi connectivity index (χ4n) is 0.977. The second-order valence-corrected chi connectivity index (χ2v) is 3.61. The van der Waals surface area contributed by atoms with Gasteiger partial charge >= 0.3 is 0 Å². The molecule has 1 rings (SSSR count). The van der Waals surface area contributed by atoms with Crippen molar-refractivity contribution < 1.29 is 9.21 Å². The molecule has 0 atom stereocenters. The lowest BCUT2D eigenvalue weighted by atomic mass is 10.4. The molecular formula is C9H13NO2S. The molecule has 0 spiro atoms. The number of aldehydes is 1. The van der Waals surface area contributed by atoms with Gasteiger partial charge in [0.1, 0.15) is 17.8 Å². The Balaban J connectivity index is 2.35. The average Bonchev–Trinajstić information content (AvgIpc) is 2.54. The van der Waals surface area contributed by atoms with Crippen molar-refractivity contribution >= 4 is 18.0 Å². The summed E-state index contributed by atoms with van der Waals surface area (Å²) in [6, 6.07) is 3.90. The minimum Gasteiger partial charge on any atom is -0.464 e. The van der Waals surface area contributed by atoms with Crippen LogP contribution >= 0.6 is 11.8 Å². The zero-order valence-corrected chi connectivity index (χ0v) is 8.39. The molecule has 0 aliphatic rings. The number of hydrogen-bond acceptors (Lipinski definition) is 4. The van der Waals surface area contributed by atoms with E-state index >= 15 is 0 Å². The molecule has 0 unspecified atom stereocenters. The molecule has 0 fully saturated rings. The summed E-state index contributed by atoms with van der Waals surface area (Å²) >= 11 is 1.56. The third-order valence-corrected chi connectivity index (χ3v) is 2.36. The van der Waals surface area contributed by atoms with Crippen molar-refractivity contribution in [2.24, 2.45) is 0 Å². The number of furan rings is 1. The SMILES string of the molecule is CNCc1ccc(CSCC=O)o1. The van der Waals surface area contributed by atoms with Crippen LogP contribution in [0.25, 0.3) is 0 Å². The van der Waals surface area contributed by atoms with E-state index in [0.29, 0.717) is 5.75 Å². The van der Waals surface area contributed by atoms with Gasteiger partial charge in [0, 0.05) is 5.75 Å². The maximum atomic E-state index is 10.0. The third kappa shape index (κ3) is 3.65. The Morgan fingerprint density at radius 2 is 2.31 bits per heavy atom. The number of nitrogens with one attached hydrogen (secondary N) is 1. The molecule has 13 heavy (non-hydrogen) atoms. The molecule has 0 saturated carbocycles. The third-order valence-electron chi connectivity index (χ3n) is 1.50. The second-order valence-electron chi connectivity index (χ2n) is 2.58. The van der Waals surface area contributed by atoms with Gasteiger partial charge in [-0.2, -0.15) is 0 Å². The van der Waals surface area contributed by atoms with Crippen molar-refractivity contribution in [3.05, 3.63) is 23.7 Å². The first-order valence-corrected chi connectivity index (χ1v) is 5.26. The van der Waals surface area contributed by atoms with Crippen molar-refractivity contribution in [1.82, 2.24) is 5.32 Å². The van der Waals surface area contributed by atoms with E-state index in [4.69, 9.17) is 4.42 Å². The topological polar surface area (TPSA) is 42.2 Å². The molecular weight excluding hydrogens is 186 g/mol. The minimum absolute atomic E-state index is 0.530. The number of rotatable bonds is 6. The first-order valence-electron chi connectivity index (χ1n) is 4.10. The van der Waals surface area contributed by atoms with Crippen molar-refractivity contribution in [1.29, 1.82) is 0 Å². The Hall–Kier alpha value is -0.740. The Morgan fingerprint density at radius 3 is 3.00 bits per heavy atom. The van der Waals surface area contributed by atoms with Crippen LogP contribution in [0.5, 0.6) is 0 Å². The Kier molecular flexibility index (Phi) is 4.64. The van der Waals surface area contributed by atoms with Crippen molar-refractivity contribution in [3.8, 4) is 0 Å². The van der Waals surface area contributed by atoms with E-state index in [9.17, 15) is 4.79 Å². The molecule has 0 saturated heterocycles. The summed E-state index contributed by atoms with van der Waals surface area (Å²) in [5.41, 5.74) is 0. The second kappa shape index (κ2) is 5.83. The highest BCUT2D eigenvalue weighted by Crippen LogP contribution is 2.14. The van der Waals surface area contributed by atoms with Crippen LogP contribution in [0.3, 0.4) is 0 Å². The van der Waals surface area contributed by atoms with Gasteiger partial charge in [0.05, 0.1) is 12.3 Å². The lowest BCUT2D eigenvalue weighted by Crippen LogP contribution is -2.03. The highest BCUT2D eigenvalue weighted by molar-refractivity contribution is 7.99. The molecule has 4 heteroatoms. The molecule has 0 amide bonds. The van der Waals surface area contributed by atoms with E-state index < -0.39 is 0 Å². The lowest BCUT2D eigenvalue weighted by Gasteiger charge is -1.94. The van der Waals surface area contributed by atoms with Gasteiger partial charge in [0.25, 0.3) is 0 Å². The van der Waals surface area contributed by atoms with Gasteiger partial charge in [0.2, 0.25) is 0 Å². The monoisotopic (exact) mass is 199 g/mol. The van der Waals surface area contributed by atoms with Crippen LogP contribution in [0.4, 0.5) is 0 Å². The largest absolute Gasteiger partial charge is 0.464 e. The van der Waals surface area contributed by atoms with Gasteiger partial charge in [-0.1, -0.05) is 0 Å². The van der Waals surface area contributed by atoms with Crippen LogP contribution in [0.15, 0.2) is 16.5 Å². The molecule has 0 radical (unpaired) electrons. The Labute approximate surface area is 81.9 Å². The van der Waals surface area contributed by atoms with Crippen LogP contribution in [-0.2, 0) is 17.1 Å². The van der Waals surface area contributed by atoms with Crippen LogP contribution < -0.4 is 5.32 Å². The molecule has 0 aliphatic heterocycles. The predicted molar refractivity (Wildman–Crippen MR) is 53.7 cm³/mol. The van der Waals surface area contributed by atoms with E-state index in [-0.39, 0.29) is 0 Å². The highest BCUT2D eigenvalue weighted by atomic mass is 32.2. The van der Waals surface area contributed by atoms with Crippen LogP contribution in [0.1, 0.15) is 11.5 Å². The molecule has 0 bridgehead atoms. The maximum absolute atomic E-state index is 10.0. The summed E-state index contributed by atoms with van der Waals surface area (Å²) in [6.07, 6.45) is 0.905. The molecule has 0 aliphatic carbocycles. The van der Waals surface area contributed by atoms with E-state index in [2.05, 4.69) is 5.32 Å². The lowest BCUT2D eigenvalue weighted by molar-refractivity contribution is -0.105. The summed E-state index contributed by atoms with van der Waals surface area (Å²) in [6.45, 7) is 0.748. The molecule has 72 valence electrons. The standard InChI is InChI=1S/C9H13NO2S/c1-10-6-8-2-3-9(12-8)7-13-5-4-11/h2-4,10H,5-7H2,1H3. The quantitative estimate of drug-likeness (QED) is 0.556. The first-order chi connectivity index (χ1) is 6.36. The summed E-state index contributed by atoms with van der Waals surface area (Å²) in [5, 5.41) is 3.01. The van der Waals surface area contributed by atoms with Gasteiger partial charge in [-0.15, -0.1) is 11.8 Å². The molecule has 1 N–H and O–H groups in total. The average molecular weight is 199 g/mol. The van der Waals surface area contributed by atoms with Gasteiger partial charge in [-0.3, -0.25) is 0 Å². The van der Waals surface area contributed by atoms with Crippen LogP contribution in [-0.4, -0.2) is 19.1 Å². The van der Waals surface area contributed by atoms with Gasteiger partial charge in [-0.05, 0) is 19.2 Å². The van der Waals surface area contributed by atoms with Crippen LogP contribution in [0, 0.1) is 0 Å². The highest BCUT2D eigenvalue weighted by Gasteiger charge is 2.00. The fourth-order valence-corrected chi connectivity index (χ4v) is 1.55. The molecule has 3 nitrogen and oxygen atoms in total. The predicted octanol–water partition coefficient (Wildman–Crippen LogP) is 1.43. The number of carbonyl (C=O) groups excluding carboxylic acids is 1. The number of thioether (sulfide) groups is 1. The Morgan fingerprint density at radius 1 is 1.54 bits per heavy atom. The zero-order valence-electron chi connectivity index (χ0n) is 7.58. The van der Waals surface area contributed by atoms with E-state index in [1.165, 1.54) is 0 Å². The summed E-state index contributed by atoms with van der Waals surface area (Å²) in [5.74, 6) is 3.16. The van der Waals surface area contributed by atoms with Gasteiger partial charge in [-0.25, -0.2) is 0 Å². The molecule has 1 heterocycles. The smallest absolute Gasteiger partial charge is 0.129 e. The number of hydrogen-bond donors (Lipinski definition) is 1. The van der Waals surface area contributed by atoms with Crippen molar-refractivity contribution in [2.75, 3.05) is 12.8 Å². The number of carbonyl (C=O) groups is 1. The maximum Gasteiger partial charge on any atom is 0.129 e. The minimum atomic E-state index is 0.530. The normalized spacial score (nSPS) is 10.2. The zero-order chi connectivity index (χ0) is 9.52. The van der Waals surface area contributed by atoms with Crippen LogP contribution in [0.2, 0.25) is 0 Å². The summed E-state index contributed by atoms with van der Waals surface area (Å²) in [4.78, 5) is 10.0. The van der Waals surface area contributed by atoms with Gasteiger partial charge < -0.3 is 14.5 Å². The van der Waals surface area contributed by atoms with Crippen molar-refractivity contribution in [3.63, 3.8) is 0 Å². The molecule has 1 aromatic rings. The van der Waals surface area contributed by atoms with E-state index in [0.717, 1.165) is 30.1 Å². The molecule has 0 aromatic carbocycles. The summed E-state index contributed by atoms with van der Waals surface area (Å²) < 4.78 is 5.47. The Bertz CT molecular complexity index is 260. The van der Waals surface area contributed by atoms with E-state index in [1.807, 2.05) is 19.2 Å². The van der Waals surface area contributed by atoms with Crippen molar-refractivity contribution in [2.45, 2.75) is 12.3 Å².